The molecule has 2 atom stereocenters. The number of hydrogen-bond acceptors (Lipinski definition) is 4. The second-order valence-corrected chi connectivity index (χ2v) is 11.3. The van der Waals surface area contributed by atoms with Crippen molar-refractivity contribution in [2.24, 2.45) is 5.92 Å². The first-order valence-electron chi connectivity index (χ1n) is 14.1. The fourth-order valence-electron chi connectivity index (χ4n) is 6.64. The number of piperidine rings is 1. The molecule has 194 valence electrons. The molecule has 3 aliphatic rings. The van der Waals surface area contributed by atoms with E-state index in [1.807, 2.05) is 12.1 Å². The molecule has 1 saturated carbocycles. The summed E-state index contributed by atoms with van der Waals surface area (Å²) < 4.78 is 6.01. The van der Waals surface area contributed by atoms with Crippen molar-refractivity contribution >= 4 is 11.8 Å². The van der Waals surface area contributed by atoms with E-state index in [1.54, 1.807) is 0 Å². The number of carbonyl (C=O) groups is 2. The summed E-state index contributed by atoms with van der Waals surface area (Å²) in [5, 5.41) is 3.28. The van der Waals surface area contributed by atoms with Gasteiger partial charge >= 0.3 is 5.91 Å². The highest BCUT2D eigenvalue weighted by Crippen LogP contribution is 2.41. The molecule has 1 aliphatic carbocycles. The normalized spacial score (nSPS) is 27.7. The van der Waals surface area contributed by atoms with Gasteiger partial charge in [-0.2, -0.15) is 0 Å². The maximum absolute atomic E-state index is 14.1. The molecule has 1 N–H and O–H groups in total. The van der Waals surface area contributed by atoms with Gasteiger partial charge in [0.15, 0.2) is 5.54 Å². The van der Waals surface area contributed by atoms with Crippen molar-refractivity contribution in [2.75, 3.05) is 33.3 Å². The summed E-state index contributed by atoms with van der Waals surface area (Å²) in [5.41, 5.74) is 0.626. The van der Waals surface area contributed by atoms with Gasteiger partial charge in [0, 0.05) is 32.5 Å². The molecule has 35 heavy (non-hydrogen) atoms. The third-order valence-electron chi connectivity index (χ3n) is 8.97. The van der Waals surface area contributed by atoms with Crippen LogP contribution in [-0.4, -0.2) is 66.1 Å². The zero-order valence-corrected chi connectivity index (χ0v) is 22.2. The van der Waals surface area contributed by atoms with Crippen molar-refractivity contribution in [3.05, 3.63) is 29.8 Å². The van der Waals surface area contributed by atoms with Crippen LogP contribution in [0.1, 0.15) is 83.6 Å². The van der Waals surface area contributed by atoms with Crippen molar-refractivity contribution in [1.82, 2.24) is 10.2 Å². The van der Waals surface area contributed by atoms with Gasteiger partial charge in [-0.25, -0.2) is 9.28 Å². The predicted octanol–water partition coefficient (Wildman–Crippen LogP) is 4.66. The Morgan fingerprint density at radius 3 is 2.34 bits per heavy atom. The van der Waals surface area contributed by atoms with Gasteiger partial charge in [-0.15, -0.1) is 0 Å². The zero-order valence-electron chi connectivity index (χ0n) is 22.2. The first kappa shape index (κ1) is 26.2. The van der Waals surface area contributed by atoms with Crippen LogP contribution in [-0.2, 0) is 16.1 Å². The molecule has 1 spiro atoms. The van der Waals surface area contributed by atoms with Crippen LogP contribution in [0.15, 0.2) is 24.3 Å². The molecule has 0 bridgehead atoms. The minimum absolute atomic E-state index is 0.128. The van der Waals surface area contributed by atoms with Crippen LogP contribution in [0, 0.1) is 5.92 Å². The Hall–Kier alpha value is -1.92. The highest BCUT2D eigenvalue weighted by atomic mass is 16.5. The molecule has 2 saturated heterocycles. The van der Waals surface area contributed by atoms with Gasteiger partial charge in [0.2, 0.25) is 0 Å². The Bertz CT molecular complexity index is 856. The van der Waals surface area contributed by atoms with Crippen LogP contribution < -0.4 is 10.1 Å². The number of piperazine rings is 1. The summed E-state index contributed by atoms with van der Waals surface area (Å²) >= 11 is 0. The second-order valence-electron chi connectivity index (χ2n) is 11.3. The van der Waals surface area contributed by atoms with Crippen LogP contribution in [0.25, 0.3) is 0 Å². The highest BCUT2D eigenvalue weighted by molar-refractivity contribution is 5.95. The molecule has 6 nitrogen and oxygen atoms in total. The molecule has 1 aromatic carbocycles. The second kappa shape index (κ2) is 11.4. The van der Waals surface area contributed by atoms with Crippen LogP contribution in [0.2, 0.25) is 0 Å². The lowest BCUT2D eigenvalue weighted by Crippen LogP contribution is -2.81. The van der Waals surface area contributed by atoms with Gasteiger partial charge < -0.3 is 10.1 Å². The number of nitrogens with one attached hydrogen (secondary N) is 1. The van der Waals surface area contributed by atoms with E-state index < -0.39 is 5.54 Å². The Labute approximate surface area is 212 Å². The molecular weight excluding hydrogens is 438 g/mol. The first-order chi connectivity index (χ1) is 16.9. The number of hydrogen-bond donors (Lipinski definition) is 1. The van der Waals surface area contributed by atoms with Crippen LogP contribution in [0.3, 0.4) is 0 Å². The monoisotopic (exact) mass is 484 g/mol. The number of benzene rings is 1. The lowest BCUT2D eigenvalue weighted by atomic mass is 9.75. The van der Waals surface area contributed by atoms with Crippen molar-refractivity contribution in [3.8, 4) is 5.75 Å². The Morgan fingerprint density at radius 2 is 1.71 bits per heavy atom. The van der Waals surface area contributed by atoms with Gasteiger partial charge in [-0.1, -0.05) is 51.7 Å². The molecule has 2 unspecified atom stereocenters. The number of likely N-dealkylation sites (N-methyl/N-ethyl adjacent to an activating group) is 1. The summed E-state index contributed by atoms with van der Waals surface area (Å²) in [6, 6.07) is 8.08. The van der Waals surface area contributed by atoms with E-state index in [0.29, 0.717) is 10.4 Å². The maximum Gasteiger partial charge on any atom is 0.337 e. The molecule has 2 heterocycles. The summed E-state index contributed by atoms with van der Waals surface area (Å²) in [5.74, 6) is 1.62. The van der Waals surface area contributed by atoms with E-state index in [-0.39, 0.29) is 17.9 Å². The largest absolute Gasteiger partial charge is 0.494 e. The van der Waals surface area contributed by atoms with Gasteiger partial charge in [0.05, 0.1) is 20.2 Å². The minimum atomic E-state index is -0.633. The molecule has 0 aromatic heterocycles. The van der Waals surface area contributed by atoms with Crippen molar-refractivity contribution in [1.29, 1.82) is 0 Å². The molecular formula is C29H46N3O3+. The zero-order chi connectivity index (χ0) is 24.9. The number of ether oxygens (including phenoxy) is 1. The van der Waals surface area contributed by atoms with E-state index in [2.05, 4.69) is 43.2 Å². The molecule has 1 aromatic rings. The third-order valence-corrected chi connectivity index (χ3v) is 8.97. The fraction of sp³-hybridized carbons (Fsp3) is 0.724. The number of nitrogens with zero attached hydrogens (tertiary/aromatic N) is 2. The molecule has 2 aliphatic heterocycles. The number of rotatable bonds is 9. The quantitative estimate of drug-likeness (QED) is 0.518. The van der Waals surface area contributed by atoms with E-state index in [9.17, 15) is 9.59 Å². The smallest absolute Gasteiger partial charge is 0.337 e. The minimum Gasteiger partial charge on any atom is -0.494 e. The number of amides is 2. The third kappa shape index (κ3) is 5.29. The summed E-state index contributed by atoms with van der Waals surface area (Å²) in [6.45, 7) is 8.33. The molecule has 3 fully saturated rings. The maximum atomic E-state index is 14.1. The summed E-state index contributed by atoms with van der Waals surface area (Å²) in [4.78, 5) is 30.3. The number of carbonyl (C=O) groups excluding carboxylic acids is 2. The summed E-state index contributed by atoms with van der Waals surface area (Å²) in [6.07, 6.45) is 10.2. The van der Waals surface area contributed by atoms with Crippen molar-refractivity contribution < 1.29 is 18.8 Å². The topological polar surface area (TPSA) is 58.6 Å². The van der Waals surface area contributed by atoms with Crippen molar-refractivity contribution in [3.63, 3.8) is 0 Å². The summed E-state index contributed by atoms with van der Waals surface area (Å²) in [7, 11) is 2.08. The molecule has 6 heteroatoms. The Kier molecular flexibility index (Phi) is 8.54. The van der Waals surface area contributed by atoms with E-state index in [0.717, 1.165) is 83.5 Å². The SMILES string of the molecule is CCCC[N+]1(C)C(=O)C(C2CCCCC2)NC(=O)C12CCN(Cc1ccc(OCCC)cc1)CC2. The first-order valence-corrected chi connectivity index (χ1v) is 14.1. The molecule has 2 amide bonds. The Morgan fingerprint density at radius 1 is 1.03 bits per heavy atom. The lowest BCUT2D eigenvalue weighted by Gasteiger charge is -2.55. The van der Waals surface area contributed by atoms with E-state index in [1.165, 1.54) is 24.8 Å². The van der Waals surface area contributed by atoms with Crippen LogP contribution >= 0.6 is 0 Å². The van der Waals surface area contributed by atoms with E-state index >= 15 is 0 Å². The molecule has 0 radical (unpaired) electrons. The fourth-order valence-corrected chi connectivity index (χ4v) is 6.64. The van der Waals surface area contributed by atoms with Crippen molar-refractivity contribution in [2.45, 2.75) is 96.2 Å². The van der Waals surface area contributed by atoms with Crippen LogP contribution in [0.4, 0.5) is 0 Å². The number of likely N-dealkylation sites (tertiary alicyclic amines) is 1. The lowest BCUT2D eigenvalue weighted by molar-refractivity contribution is -0.883. The standard InChI is InChI=1S/C29H45N3O3/c1-4-6-20-32(3)27(33)26(24-10-8-7-9-11-24)30-28(34)29(32)16-18-31(19-17-29)22-23-12-14-25(15-13-23)35-21-5-2/h12-15,24,26H,4-11,16-22H2,1-3H3/p+1. The van der Waals surface area contributed by atoms with Gasteiger partial charge in [0.25, 0.3) is 5.91 Å². The van der Waals surface area contributed by atoms with Gasteiger partial charge in [-0.05, 0) is 49.3 Å². The number of quaternary nitrogens is 1. The van der Waals surface area contributed by atoms with Gasteiger partial charge in [-0.3, -0.25) is 9.69 Å². The number of unbranched alkanes of at least 4 members (excludes halogenated alkanes) is 1. The average molecular weight is 485 g/mol. The highest BCUT2D eigenvalue weighted by Gasteiger charge is 2.64. The predicted molar refractivity (Wildman–Crippen MR) is 139 cm³/mol. The van der Waals surface area contributed by atoms with Crippen LogP contribution in [0.5, 0.6) is 5.75 Å². The van der Waals surface area contributed by atoms with Gasteiger partial charge in [0.1, 0.15) is 11.8 Å². The molecule has 4 rings (SSSR count). The average Bonchev–Trinajstić information content (AvgIpc) is 2.89. The van der Waals surface area contributed by atoms with E-state index in [4.69, 9.17) is 4.74 Å². The Balaban J connectivity index is 1.46.